The van der Waals surface area contributed by atoms with Gasteiger partial charge in [0.2, 0.25) is 0 Å². The molecule has 0 saturated carbocycles. The molecule has 33 heavy (non-hydrogen) atoms. The molecular formula is C18H17N3O9S3. The third-order valence-electron chi connectivity index (χ3n) is 4.33. The van der Waals surface area contributed by atoms with E-state index in [1.54, 1.807) is 26.0 Å². The van der Waals surface area contributed by atoms with Gasteiger partial charge in [0.1, 0.15) is 15.5 Å². The first-order valence-corrected chi connectivity index (χ1v) is 12.6. The van der Waals surface area contributed by atoms with E-state index in [0.29, 0.717) is 16.9 Å². The van der Waals surface area contributed by atoms with Gasteiger partial charge < -0.3 is 5.73 Å². The maximum absolute atomic E-state index is 11.8. The predicted molar refractivity (Wildman–Crippen MR) is 118 cm³/mol. The van der Waals surface area contributed by atoms with E-state index in [0.717, 1.165) is 17.7 Å². The highest BCUT2D eigenvalue weighted by Gasteiger charge is 2.21. The third kappa shape index (κ3) is 6.62. The summed E-state index contributed by atoms with van der Waals surface area (Å²) in [6, 6.07) is 9.47. The van der Waals surface area contributed by atoms with Gasteiger partial charge in [-0.3, -0.25) is 9.11 Å². The Morgan fingerprint density at radius 1 is 0.788 bits per heavy atom. The summed E-state index contributed by atoms with van der Waals surface area (Å²) in [6.45, 7) is 3.51. The van der Waals surface area contributed by atoms with Crippen molar-refractivity contribution in [1.29, 1.82) is 0 Å². The minimum atomic E-state index is -4.69. The second-order valence-electron chi connectivity index (χ2n) is 6.65. The Morgan fingerprint density at radius 2 is 1.33 bits per heavy atom. The molecule has 0 aromatic heterocycles. The molecule has 0 amide bonds. The molecule has 176 valence electrons. The lowest BCUT2D eigenvalue weighted by Crippen LogP contribution is -2.01. The van der Waals surface area contributed by atoms with Crippen molar-refractivity contribution in [1.82, 2.24) is 0 Å². The van der Waals surface area contributed by atoms with E-state index in [2.05, 4.69) is 10.2 Å². The molecule has 12 nitrogen and oxygen atoms in total. The van der Waals surface area contributed by atoms with E-state index in [-0.39, 0.29) is 16.5 Å². The van der Waals surface area contributed by atoms with Crippen molar-refractivity contribution in [2.24, 2.45) is 10.2 Å². The van der Waals surface area contributed by atoms with Crippen LogP contribution in [0, 0.1) is 13.8 Å². The van der Waals surface area contributed by atoms with Gasteiger partial charge in [-0.2, -0.15) is 21.9 Å². The minimum Gasteiger partial charge on any atom is -0.399 e. The summed E-state index contributed by atoms with van der Waals surface area (Å²) in [5.41, 5.74) is 7.95. The zero-order valence-corrected chi connectivity index (χ0v) is 19.4. The fourth-order valence-corrected chi connectivity index (χ4v) is 4.16. The average molecular weight is 516 g/mol. The summed E-state index contributed by atoms with van der Waals surface area (Å²) < 4.78 is 91.3. The van der Waals surface area contributed by atoms with Crippen LogP contribution < -0.4 is 5.73 Å². The van der Waals surface area contributed by atoms with Gasteiger partial charge in [-0.15, -0.1) is 17.7 Å². The van der Waals surface area contributed by atoms with Crippen LogP contribution in [0.25, 0.3) is 10.8 Å². The second kappa shape index (κ2) is 9.72. The van der Waals surface area contributed by atoms with Crippen molar-refractivity contribution in [3.63, 3.8) is 0 Å². The molecule has 0 atom stereocenters. The van der Waals surface area contributed by atoms with Crippen LogP contribution in [-0.2, 0) is 30.8 Å². The Balaban J connectivity index is 0.000000890. The lowest BCUT2D eigenvalue weighted by molar-refractivity contribution is 0.482. The van der Waals surface area contributed by atoms with Crippen molar-refractivity contribution in [3.05, 3.63) is 53.6 Å². The van der Waals surface area contributed by atoms with Gasteiger partial charge >= 0.3 is 10.6 Å². The van der Waals surface area contributed by atoms with Crippen molar-refractivity contribution >= 4 is 58.7 Å². The molecular weight excluding hydrogens is 498 g/mol. The fourth-order valence-electron chi connectivity index (χ4n) is 2.81. The summed E-state index contributed by atoms with van der Waals surface area (Å²) in [5, 5.41) is 8.15. The van der Waals surface area contributed by atoms with Gasteiger partial charge in [0.15, 0.2) is 0 Å². The van der Waals surface area contributed by atoms with Gasteiger partial charge in [-0.05, 0) is 60.7 Å². The van der Waals surface area contributed by atoms with E-state index in [4.69, 9.17) is 18.4 Å². The Morgan fingerprint density at radius 3 is 1.88 bits per heavy atom. The van der Waals surface area contributed by atoms with E-state index in [9.17, 15) is 25.9 Å². The number of benzene rings is 3. The largest absolute Gasteiger partial charge is 0.425 e. The zero-order valence-electron chi connectivity index (χ0n) is 17.0. The van der Waals surface area contributed by atoms with E-state index < -0.39 is 40.6 Å². The highest BCUT2D eigenvalue weighted by atomic mass is 32.2. The zero-order chi connectivity index (χ0) is 25.1. The van der Waals surface area contributed by atoms with Crippen molar-refractivity contribution < 1.29 is 38.6 Å². The molecule has 0 fully saturated rings. The maximum atomic E-state index is 11.8. The molecule has 3 rings (SSSR count). The molecule has 3 aromatic carbocycles. The van der Waals surface area contributed by atoms with Crippen LogP contribution in [-0.4, -0.2) is 38.6 Å². The molecule has 3 aromatic rings. The monoisotopic (exact) mass is 515 g/mol. The lowest BCUT2D eigenvalue weighted by Gasteiger charge is -2.09. The maximum Gasteiger partial charge on any atom is 0.425 e. The van der Waals surface area contributed by atoms with Crippen LogP contribution in [0.1, 0.15) is 11.1 Å². The summed E-state index contributed by atoms with van der Waals surface area (Å²) in [7, 11) is -12.4. The molecule has 0 spiro atoms. The number of nitrogens with zero attached hydrogens (tertiary/aromatic N) is 2. The van der Waals surface area contributed by atoms with Crippen LogP contribution in [0.2, 0.25) is 0 Å². The molecule has 0 heterocycles. The number of nitrogen functional groups attached to an aromatic ring is 1. The molecule has 0 aliphatic rings. The first-order valence-electron chi connectivity index (χ1n) is 8.68. The van der Waals surface area contributed by atoms with Gasteiger partial charge in [0.05, 0.1) is 5.69 Å². The quantitative estimate of drug-likeness (QED) is 0.262. The highest BCUT2D eigenvalue weighted by molar-refractivity contribution is 7.86. The molecule has 4 N–H and O–H groups in total. The first kappa shape index (κ1) is 26.0. The Kier molecular flexibility index (Phi) is 7.66. The number of azo groups is 1. The van der Waals surface area contributed by atoms with E-state index >= 15 is 0 Å². The summed E-state index contributed by atoms with van der Waals surface area (Å²) >= 11 is 0. The molecule has 0 bridgehead atoms. The van der Waals surface area contributed by atoms with Crippen molar-refractivity contribution in [3.8, 4) is 0 Å². The summed E-state index contributed by atoms with van der Waals surface area (Å²) in [4.78, 5) is -0.973. The van der Waals surface area contributed by atoms with Crippen LogP contribution in [0.15, 0.2) is 62.5 Å². The second-order valence-corrected chi connectivity index (χ2v) is 9.83. The number of hydrogen-bond donors (Lipinski definition) is 3. The highest BCUT2D eigenvalue weighted by Crippen LogP contribution is 2.35. The van der Waals surface area contributed by atoms with Crippen LogP contribution in [0.5, 0.6) is 0 Å². The van der Waals surface area contributed by atoms with Gasteiger partial charge in [0.25, 0.3) is 20.2 Å². The third-order valence-corrected chi connectivity index (χ3v) is 6.12. The number of anilines is 1. The van der Waals surface area contributed by atoms with Crippen molar-refractivity contribution in [2.45, 2.75) is 23.6 Å². The number of nitrogens with two attached hydrogens (primary N) is 1. The van der Waals surface area contributed by atoms with Crippen LogP contribution in [0.3, 0.4) is 0 Å². The number of aryl methyl sites for hydroxylation is 2. The normalized spacial score (nSPS) is 11.9. The number of fused-ring (bicyclic) bond motifs is 1. The molecule has 0 radical (unpaired) electrons. The molecule has 0 unspecified atom stereocenters. The van der Waals surface area contributed by atoms with Gasteiger partial charge in [-0.25, -0.2) is 0 Å². The Bertz CT molecular complexity index is 1590. The Hall–Kier alpha value is -3.24. The molecule has 0 aliphatic heterocycles. The van der Waals surface area contributed by atoms with E-state index in [1.807, 2.05) is 0 Å². The lowest BCUT2D eigenvalue weighted by atomic mass is 10.1. The topological polar surface area (TPSA) is 211 Å². The van der Waals surface area contributed by atoms with Crippen LogP contribution in [0.4, 0.5) is 17.1 Å². The smallest absolute Gasteiger partial charge is 0.399 e. The number of hydrogen-bond acceptors (Lipinski definition) is 10. The standard InChI is InChI=1S/C18H17N3O6S2.O3S/c1-10-7-15(11(2)6-14(10)19)20-21-16-9-13-12(8-18(16)29(25,26)27)4-3-5-17(13)28(22,23)24;1-4(2)3/h3-9H,19H2,1-2H3,(H,22,23,24)(H,25,26,27);. The molecule has 0 aliphatic carbocycles. The van der Waals surface area contributed by atoms with Gasteiger partial charge in [0, 0.05) is 11.1 Å². The molecule has 0 saturated heterocycles. The number of rotatable bonds is 4. The average Bonchev–Trinajstić information content (AvgIpc) is 2.66. The minimum absolute atomic E-state index is 0.0292. The van der Waals surface area contributed by atoms with E-state index in [1.165, 1.54) is 18.2 Å². The first-order chi connectivity index (χ1) is 15.1. The van der Waals surface area contributed by atoms with Crippen molar-refractivity contribution in [2.75, 3.05) is 5.73 Å². The Labute approximate surface area is 190 Å². The predicted octanol–water partition coefficient (Wildman–Crippen LogP) is 2.94. The fraction of sp³-hybridized carbons (Fsp3) is 0.111. The SMILES string of the molecule is Cc1cc(N=Nc2cc3c(S(=O)(=O)O)cccc3cc2S(=O)(=O)O)c(C)cc1N.O=S(=O)=O. The molecule has 15 heteroatoms. The van der Waals surface area contributed by atoms with Crippen LogP contribution >= 0.6 is 0 Å². The summed E-state index contributed by atoms with van der Waals surface area (Å²) in [6.07, 6.45) is 0. The summed E-state index contributed by atoms with van der Waals surface area (Å²) in [5.74, 6) is 0. The van der Waals surface area contributed by atoms with Gasteiger partial charge in [-0.1, -0.05) is 12.1 Å².